The van der Waals surface area contributed by atoms with Gasteiger partial charge in [0.1, 0.15) is 0 Å². The molecule has 0 saturated carbocycles. The maximum atomic E-state index is 13.0. The van der Waals surface area contributed by atoms with E-state index >= 15 is 0 Å². The summed E-state index contributed by atoms with van der Waals surface area (Å²) in [5.74, 6) is -0.423. The van der Waals surface area contributed by atoms with Crippen LogP contribution in [-0.4, -0.2) is 37.8 Å². The van der Waals surface area contributed by atoms with Gasteiger partial charge in [-0.25, -0.2) is 8.42 Å². The lowest BCUT2D eigenvalue weighted by Crippen LogP contribution is -2.44. The molecule has 1 aromatic rings. The highest BCUT2D eigenvalue weighted by molar-refractivity contribution is 7.89. The molecule has 1 aliphatic rings. The van der Waals surface area contributed by atoms with Crippen molar-refractivity contribution in [1.29, 1.82) is 0 Å². The van der Waals surface area contributed by atoms with Gasteiger partial charge >= 0.3 is 6.18 Å². The van der Waals surface area contributed by atoms with Crippen LogP contribution in [0.3, 0.4) is 0 Å². The van der Waals surface area contributed by atoms with Crippen molar-refractivity contribution in [2.24, 2.45) is 5.92 Å². The van der Waals surface area contributed by atoms with Crippen molar-refractivity contribution in [3.8, 4) is 0 Å². The Balaban J connectivity index is 2.13. The SMILES string of the molecule is CC[C@@H](C)NC(=O)C1CCN(S(=O)(=O)c2ccc(Cl)c(C(F)(F)F)c2)CC1. The van der Waals surface area contributed by atoms with Crippen molar-refractivity contribution in [3.05, 3.63) is 28.8 Å². The summed E-state index contributed by atoms with van der Waals surface area (Å²) in [4.78, 5) is 11.7. The van der Waals surface area contributed by atoms with Crippen LogP contribution >= 0.6 is 11.6 Å². The number of alkyl halides is 3. The van der Waals surface area contributed by atoms with Crippen LogP contribution in [-0.2, 0) is 21.0 Å². The molecule has 1 aromatic carbocycles. The van der Waals surface area contributed by atoms with Gasteiger partial charge in [-0.15, -0.1) is 0 Å². The average Bonchev–Trinajstić information content (AvgIpc) is 2.60. The van der Waals surface area contributed by atoms with Crippen LogP contribution in [0.2, 0.25) is 5.02 Å². The molecule has 0 aliphatic carbocycles. The van der Waals surface area contributed by atoms with Crippen LogP contribution in [0.15, 0.2) is 23.1 Å². The summed E-state index contributed by atoms with van der Waals surface area (Å²) in [7, 11) is -4.10. The molecule has 27 heavy (non-hydrogen) atoms. The first kappa shape index (κ1) is 22.0. The maximum Gasteiger partial charge on any atom is 0.417 e. The number of sulfonamides is 1. The van der Waals surface area contributed by atoms with Gasteiger partial charge in [0.25, 0.3) is 0 Å². The van der Waals surface area contributed by atoms with Crippen LogP contribution in [0.25, 0.3) is 0 Å². The predicted molar refractivity (Wildman–Crippen MR) is 95.8 cm³/mol. The maximum absolute atomic E-state index is 13.0. The van der Waals surface area contributed by atoms with E-state index in [2.05, 4.69) is 5.32 Å². The van der Waals surface area contributed by atoms with Gasteiger partial charge in [0, 0.05) is 25.0 Å². The van der Waals surface area contributed by atoms with Crippen molar-refractivity contribution >= 4 is 27.5 Å². The summed E-state index contributed by atoms with van der Waals surface area (Å²) in [5.41, 5.74) is -1.19. The molecular formula is C17H22ClF3N2O3S. The molecule has 0 spiro atoms. The number of nitrogens with one attached hydrogen (secondary N) is 1. The Morgan fingerprint density at radius 1 is 1.33 bits per heavy atom. The fourth-order valence-corrected chi connectivity index (χ4v) is 4.57. The van der Waals surface area contributed by atoms with Crippen LogP contribution in [0.1, 0.15) is 38.7 Å². The summed E-state index contributed by atoms with van der Waals surface area (Å²) in [6, 6.07) is 2.59. The number of rotatable bonds is 5. The van der Waals surface area contributed by atoms with Gasteiger partial charge < -0.3 is 5.32 Å². The first-order valence-electron chi connectivity index (χ1n) is 8.64. The molecule has 1 N–H and O–H groups in total. The minimum Gasteiger partial charge on any atom is -0.353 e. The lowest BCUT2D eigenvalue weighted by molar-refractivity contribution is -0.137. The quantitative estimate of drug-likeness (QED) is 0.781. The second-order valence-electron chi connectivity index (χ2n) is 6.64. The Labute approximate surface area is 161 Å². The van der Waals surface area contributed by atoms with E-state index < -0.39 is 31.7 Å². The molecule has 1 amide bonds. The van der Waals surface area contributed by atoms with Gasteiger partial charge in [0.05, 0.1) is 15.5 Å². The molecule has 1 aliphatic heterocycles. The van der Waals surface area contributed by atoms with Crippen LogP contribution in [0, 0.1) is 5.92 Å². The van der Waals surface area contributed by atoms with Crippen molar-refractivity contribution in [3.63, 3.8) is 0 Å². The second kappa shape index (κ2) is 8.36. The molecule has 152 valence electrons. The molecule has 2 rings (SSSR count). The van der Waals surface area contributed by atoms with Crippen LogP contribution in [0.5, 0.6) is 0 Å². The number of carbonyl (C=O) groups excluding carboxylic acids is 1. The third-order valence-corrected chi connectivity index (χ3v) is 6.93. The molecule has 1 fully saturated rings. The van der Waals surface area contributed by atoms with E-state index in [0.717, 1.165) is 22.9 Å². The number of carbonyl (C=O) groups is 1. The van der Waals surface area contributed by atoms with Gasteiger partial charge in [-0.1, -0.05) is 18.5 Å². The second-order valence-corrected chi connectivity index (χ2v) is 8.98. The van der Waals surface area contributed by atoms with Crippen molar-refractivity contribution in [2.75, 3.05) is 13.1 Å². The molecule has 1 heterocycles. The minimum atomic E-state index is -4.75. The highest BCUT2D eigenvalue weighted by atomic mass is 35.5. The summed E-state index contributed by atoms with van der Waals surface area (Å²) in [6.45, 7) is 3.98. The van der Waals surface area contributed by atoms with E-state index in [1.807, 2.05) is 13.8 Å². The van der Waals surface area contributed by atoms with E-state index in [-0.39, 0.29) is 31.0 Å². The van der Waals surface area contributed by atoms with E-state index in [0.29, 0.717) is 18.9 Å². The molecule has 5 nitrogen and oxygen atoms in total. The third kappa shape index (κ3) is 5.14. The van der Waals surface area contributed by atoms with E-state index in [1.165, 1.54) is 0 Å². The molecule has 1 saturated heterocycles. The third-order valence-electron chi connectivity index (χ3n) is 4.71. The lowest BCUT2D eigenvalue weighted by atomic mass is 9.97. The molecule has 0 unspecified atom stereocenters. The summed E-state index contributed by atoms with van der Waals surface area (Å²) in [5, 5.41) is 2.31. The number of nitrogens with zero attached hydrogens (tertiary/aromatic N) is 1. The zero-order valence-electron chi connectivity index (χ0n) is 15.0. The van der Waals surface area contributed by atoms with Crippen molar-refractivity contribution < 1.29 is 26.4 Å². The van der Waals surface area contributed by atoms with Gasteiger partial charge in [0.15, 0.2) is 0 Å². The monoisotopic (exact) mass is 426 g/mol. The summed E-state index contributed by atoms with van der Waals surface area (Å²) < 4.78 is 65.5. The molecule has 0 aromatic heterocycles. The van der Waals surface area contributed by atoms with Gasteiger partial charge in [-0.3, -0.25) is 4.79 Å². The number of hydrogen-bond acceptors (Lipinski definition) is 3. The minimum absolute atomic E-state index is 0.0362. The number of halogens is 4. The van der Waals surface area contributed by atoms with Gasteiger partial charge in [-0.2, -0.15) is 17.5 Å². The zero-order chi connectivity index (χ0) is 20.4. The highest BCUT2D eigenvalue weighted by Crippen LogP contribution is 2.36. The highest BCUT2D eigenvalue weighted by Gasteiger charge is 2.37. The Kier molecular flexibility index (Phi) is 6.81. The largest absolute Gasteiger partial charge is 0.417 e. The first-order chi connectivity index (χ1) is 12.5. The molecule has 0 bridgehead atoms. The molecule has 10 heteroatoms. The van der Waals surface area contributed by atoms with Crippen molar-refractivity contribution in [1.82, 2.24) is 9.62 Å². The standard InChI is InChI=1S/C17H22ClF3N2O3S/c1-3-11(2)22-16(24)12-6-8-23(9-7-12)27(25,26)13-4-5-15(18)14(10-13)17(19,20)21/h4-5,10-12H,3,6-9H2,1-2H3,(H,22,24)/t11-/m1/s1. The fourth-order valence-electron chi connectivity index (χ4n) is 2.85. The van der Waals surface area contributed by atoms with Crippen LogP contribution < -0.4 is 5.32 Å². The number of hydrogen-bond donors (Lipinski definition) is 1. The Morgan fingerprint density at radius 2 is 1.93 bits per heavy atom. The van der Waals surface area contributed by atoms with Crippen LogP contribution in [0.4, 0.5) is 13.2 Å². The lowest BCUT2D eigenvalue weighted by Gasteiger charge is -2.31. The average molecular weight is 427 g/mol. The normalized spacial score (nSPS) is 18.3. The molecular weight excluding hydrogens is 405 g/mol. The van der Waals surface area contributed by atoms with E-state index in [4.69, 9.17) is 11.6 Å². The van der Waals surface area contributed by atoms with Gasteiger partial charge in [-0.05, 0) is 44.4 Å². The molecule has 0 radical (unpaired) electrons. The smallest absolute Gasteiger partial charge is 0.353 e. The Bertz CT molecular complexity index is 791. The Hall–Kier alpha value is -1.32. The summed E-state index contributed by atoms with van der Waals surface area (Å²) in [6.07, 6.45) is -3.32. The molecule has 1 atom stereocenters. The zero-order valence-corrected chi connectivity index (χ0v) is 16.6. The topological polar surface area (TPSA) is 66.5 Å². The van der Waals surface area contributed by atoms with E-state index in [1.54, 1.807) is 0 Å². The van der Waals surface area contributed by atoms with Crippen molar-refractivity contribution in [2.45, 2.75) is 50.2 Å². The fraction of sp³-hybridized carbons (Fsp3) is 0.588. The predicted octanol–water partition coefficient (Wildman–Crippen LogP) is 3.67. The van der Waals surface area contributed by atoms with Gasteiger partial charge in [0.2, 0.25) is 15.9 Å². The number of piperidine rings is 1. The first-order valence-corrected chi connectivity index (χ1v) is 10.5. The Morgan fingerprint density at radius 3 is 2.44 bits per heavy atom. The van der Waals surface area contributed by atoms with E-state index in [9.17, 15) is 26.4 Å². The number of amides is 1. The number of benzene rings is 1. The summed E-state index contributed by atoms with van der Waals surface area (Å²) >= 11 is 5.55.